The van der Waals surface area contributed by atoms with Crippen molar-refractivity contribution in [3.63, 3.8) is 0 Å². The molecule has 0 amide bonds. The van der Waals surface area contributed by atoms with Gasteiger partial charge in [0.25, 0.3) is 0 Å². The lowest BCUT2D eigenvalue weighted by Gasteiger charge is -2.30. The maximum Gasteiger partial charge on any atom is 0.146 e. The van der Waals surface area contributed by atoms with Crippen LogP contribution in [0.1, 0.15) is 20.8 Å². The highest BCUT2D eigenvalue weighted by atomic mass is 32.1. The van der Waals surface area contributed by atoms with Gasteiger partial charge in [-0.2, -0.15) is 12.6 Å². The van der Waals surface area contributed by atoms with Crippen LogP contribution in [0.2, 0.25) is 0 Å². The predicted octanol–water partition coefficient (Wildman–Crippen LogP) is 1.02. The molecule has 1 aliphatic heterocycles. The van der Waals surface area contributed by atoms with E-state index in [1.54, 1.807) is 20.8 Å². The van der Waals surface area contributed by atoms with Gasteiger partial charge in [-0.05, 0) is 0 Å². The zero-order valence-corrected chi connectivity index (χ0v) is 12.6. The Bertz CT molecular complexity index is 362. The number of aliphatic imine (C=N–C) groups is 1. The van der Waals surface area contributed by atoms with Gasteiger partial charge in [-0.1, -0.05) is 45.1 Å². The number of hydrogen-bond acceptors (Lipinski definition) is 5. The van der Waals surface area contributed by atoms with Gasteiger partial charge < -0.3 is 14.7 Å². The van der Waals surface area contributed by atoms with E-state index in [1.807, 2.05) is 11.0 Å². The second kappa shape index (κ2) is 6.43. The number of rotatable bonds is 3. The highest BCUT2D eigenvalue weighted by Gasteiger charge is 2.20. The summed E-state index contributed by atoms with van der Waals surface area (Å²) >= 11 is 9.53. The smallest absolute Gasteiger partial charge is 0.146 e. The monoisotopic (exact) mass is 287 g/mol. The van der Waals surface area contributed by atoms with Crippen LogP contribution in [0.4, 0.5) is 0 Å². The van der Waals surface area contributed by atoms with Gasteiger partial charge >= 0.3 is 0 Å². The van der Waals surface area contributed by atoms with Crippen LogP contribution in [0, 0.1) is 0 Å². The fourth-order valence-electron chi connectivity index (χ4n) is 1.53. The first-order valence-corrected chi connectivity index (χ1v) is 6.85. The molecule has 0 saturated heterocycles. The van der Waals surface area contributed by atoms with E-state index in [4.69, 9.17) is 17.0 Å². The minimum absolute atomic E-state index is 0.191. The van der Waals surface area contributed by atoms with Crippen molar-refractivity contribution >= 4 is 35.9 Å². The van der Waals surface area contributed by atoms with Crippen LogP contribution in [-0.2, 0) is 4.74 Å². The third-order valence-corrected chi connectivity index (χ3v) is 3.04. The van der Waals surface area contributed by atoms with Gasteiger partial charge in [0.1, 0.15) is 11.1 Å². The molecule has 0 N–H and O–H groups in total. The average Bonchev–Trinajstić information content (AvgIpc) is 2.71. The lowest BCUT2D eigenvalue weighted by Crippen LogP contribution is -2.38. The summed E-state index contributed by atoms with van der Waals surface area (Å²) in [5.74, 6) is 0.697. The zero-order chi connectivity index (χ0) is 13.8. The molecule has 18 heavy (non-hydrogen) atoms. The number of ether oxygens (including phenoxy) is 1. The molecule has 0 aliphatic carbocycles. The number of hydrogen-bond donors (Lipinski definition) is 1. The van der Waals surface area contributed by atoms with Crippen LogP contribution in [0.3, 0.4) is 0 Å². The summed E-state index contributed by atoms with van der Waals surface area (Å²) in [4.78, 5) is 6.48. The molecule has 6 heteroatoms. The van der Waals surface area contributed by atoms with Gasteiger partial charge in [-0.15, -0.1) is 0 Å². The molecule has 0 saturated carbocycles. The fraction of sp³-hybridized carbons (Fsp3) is 0.667. The lowest BCUT2D eigenvalue weighted by molar-refractivity contribution is -0.260. The largest absolute Gasteiger partial charge is 0.595 e. The normalized spacial score (nSPS) is 20.3. The summed E-state index contributed by atoms with van der Waals surface area (Å²) in [6.45, 7) is 6.37. The SMILES string of the molecule is CC(C)(C)OC([O-])=NCC(=S)N1CC=CC1CS. The molecule has 0 aromatic carbocycles. The first kappa shape index (κ1) is 15.3. The van der Waals surface area contributed by atoms with E-state index in [2.05, 4.69) is 23.7 Å². The summed E-state index contributed by atoms with van der Waals surface area (Å²) in [6, 6.07) is 0.203. The maximum absolute atomic E-state index is 11.4. The van der Waals surface area contributed by atoms with Crippen molar-refractivity contribution in [1.29, 1.82) is 0 Å². The standard InChI is InChI=1S/C12H20N2O2S2/c1-12(2,3)16-11(15)13-7-10(18)14-6-4-5-9(14)8-17/h4-5,9,17H,6-8H2,1-3H3,(H,13,15)/p-1. The maximum atomic E-state index is 11.4. The Labute approximate surface area is 119 Å². The van der Waals surface area contributed by atoms with E-state index in [0.717, 1.165) is 6.54 Å². The molecule has 0 fully saturated rings. The van der Waals surface area contributed by atoms with Gasteiger partial charge in [0, 0.05) is 17.9 Å². The van der Waals surface area contributed by atoms with Crippen molar-refractivity contribution in [1.82, 2.24) is 4.90 Å². The molecule has 0 bridgehead atoms. The Morgan fingerprint density at radius 2 is 2.28 bits per heavy atom. The summed E-state index contributed by atoms with van der Waals surface area (Å²) in [6.07, 6.45) is 3.53. The third kappa shape index (κ3) is 4.86. The highest BCUT2D eigenvalue weighted by Crippen LogP contribution is 2.12. The van der Waals surface area contributed by atoms with Gasteiger partial charge in [0.05, 0.1) is 12.6 Å². The molecule has 0 spiro atoms. The fourth-order valence-corrected chi connectivity index (χ4v) is 2.13. The van der Waals surface area contributed by atoms with E-state index in [9.17, 15) is 5.11 Å². The van der Waals surface area contributed by atoms with Crippen LogP contribution in [0.15, 0.2) is 17.1 Å². The quantitative estimate of drug-likeness (QED) is 0.277. The van der Waals surface area contributed by atoms with Crippen molar-refractivity contribution in [2.24, 2.45) is 4.99 Å². The molecular formula is C12H19N2O2S2-. The van der Waals surface area contributed by atoms with Crippen LogP contribution in [0.25, 0.3) is 0 Å². The first-order chi connectivity index (χ1) is 8.33. The Hall–Kier alpha value is -0.750. The molecule has 0 radical (unpaired) electrons. The zero-order valence-electron chi connectivity index (χ0n) is 10.9. The second-order valence-corrected chi connectivity index (χ2v) is 5.86. The van der Waals surface area contributed by atoms with Crippen LogP contribution in [-0.4, -0.2) is 46.5 Å². The summed E-state index contributed by atoms with van der Waals surface area (Å²) < 4.78 is 5.09. The van der Waals surface area contributed by atoms with E-state index >= 15 is 0 Å². The van der Waals surface area contributed by atoms with E-state index in [1.165, 1.54) is 0 Å². The highest BCUT2D eigenvalue weighted by molar-refractivity contribution is 7.80. The van der Waals surface area contributed by atoms with Crippen LogP contribution < -0.4 is 5.11 Å². The molecule has 0 aromatic rings. The van der Waals surface area contributed by atoms with Gasteiger partial charge in [-0.3, -0.25) is 4.99 Å². The molecule has 1 heterocycles. The Morgan fingerprint density at radius 3 is 2.83 bits per heavy atom. The predicted molar refractivity (Wildman–Crippen MR) is 79.2 cm³/mol. The molecule has 1 unspecified atom stereocenters. The van der Waals surface area contributed by atoms with Gasteiger partial charge in [-0.25, -0.2) is 0 Å². The van der Waals surface area contributed by atoms with Crippen LogP contribution >= 0.6 is 24.8 Å². The van der Waals surface area contributed by atoms with Crippen molar-refractivity contribution in [3.05, 3.63) is 12.2 Å². The molecule has 0 aromatic heterocycles. The second-order valence-electron chi connectivity index (χ2n) is 5.02. The molecule has 1 aliphatic rings. The topological polar surface area (TPSA) is 47.9 Å². The Morgan fingerprint density at radius 1 is 1.61 bits per heavy atom. The molecule has 1 atom stereocenters. The summed E-state index contributed by atoms with van der Waals surface area (Å²) in [5.41, 5.74) is -0.523. The first-order valence-electron chi connectivity index (χ1n) is 5.81. The van der Waals surface area contributed by atoms with Gasteiger partial charge in [0.15, 0.2) is 0 Å². The van der Waals surface area contributed by atoms with E-state index < -0.39 is 11.7 Å². The van der Waals surface area contributed by atoms with Crippen LogP contribution in [0.5, 0.6) is 0 Å². The summed E-state index contributed by atoms with van der Waals surface area (Å²) in [7, 11) is 0. The van der Waals surface area contributed by atoms with Crippen molar-refractivity contribution in [2.75, 3.05) is 18.8 Å². The number of thiocarbonyl (C=S) groups is 1. The Kier molecular flexibility index (Phi) is 5.47. The molecule has 102 valence electrons. The molecular weight excluding hydrogens is 268 g/mol. The van der Waals surface area contributed by atoms with E-state index in [0.29, 0.717) is 10.7 Å². The van der Waals surface area contributed by atoms with Crippen molar-refractivity contribution in [3.8, 4) is 0 Å². The average molecular weight is 287 g/mol. The number of thiol groups is 1. The van der Waals surface area contributed by atoms with Gasteiger partial charge in [0.2, 0.25) is 0 Å². The molecule has 1 rings (SSSR count). The molecule has 4 nitrogen and oxygen atoms in total. The third-order valence-electron chi connectivity index (χ3n) is 2.30. The Balaban J connectivity index is 2.48. The number of nitrogens with zero attached hydrogens (tertiary/aromatic N) is 2. The minimum atomic E-state index is -0.570. The van der Waals surface area contributed by atoms with E-state index in [-0.39, 0.29) is 12.6 Å². The van der Waals surface area contributed by atoms with Crippen molar-refractivity contribution < 1.29 is 9.84 Å². The lowest BCUT2D eigenvalue weighted by atomic mass is 10.2. The van der Waals surface area contributed by atoms with Crippen molar-refractivity contribution in [2.45, 2.75) is 32.4 Å². The minimum Gasteiger partial charge on any atom is -0.595 e. The summed E-state index contributed by atoms with van der Waals surface area (Å²) in [5, 5.41) is 11.4.